The first-order valence-corrected chi connectivity index (χ1v) is 7.98. The van der Waals surface area contributed by atoms with Crippen LogP contribution in [0.25, 0.3) is 11.5 Å². The highest BCUT2D eigenvalue weighted by atomic mass is 32.1. The van der Waals surface area contributed by atoms with E-state index in [4.69, 9.17) is 4.42 Å². The van der Waals surface area contributed by atoms with E-state index in [2.05, 4.69) is 10.3 Å². The lowest BCUT2D eigenvalue weighted by molar-refractivity contribution is -0.119. The third kappa shape index (κ3) is 3.04. The quantitative estimate of drug-likeness (QED) is 0.939. The van der Waals surface area contributed by atoms with Gasteiger partial charge in [0.1, 0.15) is 12.0 Å². The molecule has 1 saturated heterocycles. The van der Waals surface area contributed by atoms with Gasteiger partial charge in [0.05, 0.1) is 10.6 Å². The molecule has 6 nitrogen and oxygen atoms in total. The van der Waals surface area contributed by atoms with Gasteiger partial charge < -0.3 is 14.6 Å². The van der Waals surface area contributed by atoms with E-state index in [0.29, 0.717) is 24.4 Å². The van der Waals surface area contributed by atoms with Crippen molar-refractivity contribution in [1.29, 1.82) is 0 Å². The minimum Gasteiger partial charge on any atom is -0.462 e. The van der Waals surface area contributed by atoms with Crippen molar-refractivity contribution in [2.45, 2.75) is 26.3 Å². The molecule has 2 aromatic heterocycles. The Morgan fingerprint density at radius 3 is 3.00 bits per heavy atom. The Balaban J connectivity index is 1.69. The van der Waals surface area contributed by atoms with Gasteiger partial charge in [0, 0.05) is 31.4 Å². The fourth-order valence-electron chi connectivity index (χ4n) is 2.59. The zero-order valence-electron chi connectivity index (χ0n) is 12.5. The van der Waals surface area contributed by atoms with Crippen molar-refractivity contribution in [3.8, 4) is 11.5 Å². The molecule has 0 aromatic carbocycles. The molecule has 7 heteroatoms. The SMILES string of the molecule is CC(=O)NC1CCN(C(=O)c2coc(-c3csc(C)n3)c2)C1. The Hall–Kier alpha value is -2.15. The Morgan fingerprint density at radius 1 is 1.50 bits per heavy atom. The van der Waals surface area contributed by atoms with Crippen LogP contribution in [0.3, 0.4) is 0 Å². The van der Waals surface area contributed by atoms with E-state index in [1.807, 2.05) is 12.3 Å². The van der Waals surface area contributed by atoms with Gasteiger partial charge in [0.25, 0.3) is 5.91 Å². The van der Waals surface area contributed by atoms with Crippen LogP contribution >= 0.6 is 11.3 Å². The first-order chi connectivity index (χ1) is 10.5. The minimum absolute atomic E-state index is 0.0361. The normalized spacial score (nSPS) is 17.7. The molecule has 0 bridgehead atoms. The van der Waals surface area contributed by atoms with Crippen molar-refractivity contribution in [1.82, 2.24) is 15.2 Å². The van der Waals surface area contributed by atoms with Gasteiger partial charge in [-0.1, -0.05) is 0 Å². The van der Waals surface area contributed by atoms with E-state index >= 15 is 0 Å². The molecule has 3 heterocycles. The third-order valence-electron chi connectivity index (χ3n) is 3.60. The Kier molecular flexibility index (Phi) is 3.98. The second kappa shape index (κ2) is 5.92. The lowest BCUT2D eigenvalue weighted by Crippen LogP contribution is -2.37. The average molecular weight is 319 g/mol. The monoisotopic (exact) mass is 319 g/mol. The predicted molar refractivity (Wildman–Crippen MR) is 82.7 cm³/mol. The standard InChI is InChI=1S/C15H17N3O3S/c1-9(19)16-12-3-4-18(6-12)15(20)11-5-14(21-7-11)13-8-22-10(2)17-13/h5,7-8,12H,3-4,6H2,1-2H3,(H,16,19). The maximum absolute atomic E-state index is 12.5. The number of hydrogen-bond donors (Lipinski definition) is 1. The molecule has 2 aromatic rings. The molecule has 2 amide bonds. The molecule has 0 aliphatic carbocycles. The number of hydrogen-bond acceptors (Lipinski definition) is 5. The van der Waals surface area contributed by atoms with Gasteiger partial charge in [-0.25, -0.2) is 4.98 Å². The molecule has 116 valence electrons. The molecule has 1 atom stereocenters. The van der Waals surface area contributed by atoms with Gasteiger partial charge in [-0.2, -0.15) is 0 Å². The molecular formula is C15H17N3O3S. The maximum atomic E-state index is 12.5. The number of nitrogens with zero attached hydrogens (tertiary/aromatic N) is 2. The number of thiazole rings is 1. The highest BCUT2D eigenvalue weighted by molar-refractivity contribution is 7.09. The molecule has 1 aliphatic rings. The molecular weight excluding hydrogens is 302 g/mol. The van der Waals surface area contributed by atoms with Gasteiger partial charge in [-0.15, -0.1) is 11.3 Å². The summed E-state index contributed by atoms with van der Waals surface area (Å²) in [6, 6.07) is 1.76. The summed E-state index contributed by atoms with van der Waals surface area (Å²) in [5.41, 5.74) is 1.27. The van der Waals surface area contributed by atoms with Crippen LogP contribution in [0.1, 0.15) is 28.7 Å². The molecule has 1 aliphatic heterocycles. The van der Waals surface area contributed by atoms with E-state index in [1.54, 1.807) is 22.3 Å². The summed E-state index contributed by atoms with van der Waals surface area (Å²) in [5.74, 6) is 0.462. The number of likely N-dealkylation sites (tertiary alicyclic amines) is 1. The average Bonchev–Trinajstić information content (AvgIpc) is 3.16. The van der Waals surface area contributed by atoms with Crippen LogP contribution in [0.2, 0.25) is 0 Å². The van der Waals surface area contributed by atoms with Gasteiger partial charge in [0.2, 0.25) is 5.91 Å². The van der Waals surface area contributed by atoms with E-state index in [-0.39, 0.29) is 17.9 Å². The number of furan rings is 1. The van der Waals surface area contributed by atoms with Gasteiger partial charge in [-0.05, 0) is 19.4 Å². The second-order valence-electron chi connectivity index (χ2n) is 5.39. The van der Waals surface area contributed by atoms with Crippen LogP contribution in [0.15, 0.2) is 22.1 Å². The van der Waals surface area contributed by atoms with Gasteiger partial charge in [0.15, 0.2) is 5.76 Å². The molecule has 1 N–H and O–H groups in total. The largest absolute Gasteiger partial charge is 0.462 e. The van der Waals surface area contributed by atoms with Gasteiger partial charge >= 0.3 is 0 Å². The minimum atomic E-state index is -0.0743. The van der Waals surface area contributed by atoms with Crippen LogP contribution in [-0.2, 0) is 4.79 Å². The summed E-state index contributed by atoms with van der Waals surface area (Å²) in [6.45, 7) is 4.59. The molecule has 0 saturated carbocycles. The van der Waals surface area contributed by atoms with E-state index in [1.165, 1.54) is 13.2 Å². The predicted octanol–water partition coefficient (Wildman–Crippen LogP) is 2.06. The Labute approximate surface area is 132 Å². The number of carbonyl (C=O) groups excluding carboxylic acids is 2. The molecule has 1 unspecified atom stereocenters. The molecule has 3 rings (SSSR count). The van der Waals surface area contributed by atoms with Crippen molar-refractivity contribution in [2.75, 3.05) is 13.1 Å². The topological polar surface area (TPSA) is 75.4 Å². The third-order valence-corrected chi connectivity index (χ3v) is 4.37. The summed E-state index contributed by atoms with van der Waals surface area (Å²) in [6.07, 6.45) is 2.25. The second-order valence-corrected chi connectivity index (χ2v) is 6.45. The number of aromatic nitrogens is 1. The van der Waals surface area contributed by atoms with Crippen molar-refractivity contribution in [3.05, 3.63) is 28.3 Å². The van der Waals surface area contributed by atoms with Crippen LogP contribution in [0, 0.1) is 6.92 Å². The van der Waals surface area contributed by atoms with E-state index in [9.17, 15) is 9.59 Å². The van der Waals surface area contributed by atoms with Crippen LogP contribution < -0.4 is 5.32 Å². The number of amides is 2. The zero-order chi connectivity index (χ0) is 15.7. The molecule has 1 fully saturated rings. The summed E-state index contributed by atoms with van der Waals surface area (Å²) in [4.78, 5) is 29.6. The van der Waals surface area contributed by atoms with Crippen LogP contribution in [-0.4, -0.2) is 40.8 Å². The highest BCUT2D eigenvalue weighted by Gasteiger charge is 2.28. The summed E-state index contributed by atoms with van der Waals surface area (Å²) < 4.78 is 5.46. The first kappa shape index (κ1) is 14.8. The lowest BCUT2D eigenvalue weighted by atomic mass is 10.2. The number of aryl methyl sites for hydroxylation is 1. The van der Waals surface area contributed by atoms with Gasteiger partial charge in [-0.3, -0.25) is 9.59 Å². The fraction of sp³-hybridized carbons (Fsp3) is 0.400. The zero-order valence-corrected chi connectivity index (χ0v) is 13.3. The van der Waals surface area contributed by atoms with Crippen LogP contribution in [0.5, 0.6) is 0 Å². The summed E-state index contributed by atoms with van der Waals surface area (Å²) in [5, 5.41) is 5.71. The highest BCUT2D eigenvalue weighted by Crippen LogP contribution is 2.25. The molecule has 0 spiro atoms. The van der Waals surface area contributed by atoms with Crippen molar-refractivity contribution < 1.29 is 14.0 Å². The Morgan fingerprint density at radius 2 is 2.32 bits per heavy atom. The molecule has 0 radical (unpaired) electrons. The van der Waals surface area contributed by atoms with Crippen LogP contribution in [0.4, 0.5) is 0 Å². The summed E-state index contributed by atoms with van der Waals surface area (Å²) >= 11 is 1.54. The lowest BCUT2D eigenvalue weighted by Gasteiger charge is -2.15. The Bertz CT molecular complexity index is 706. The van der Waals surface area contributed by atoms with E-state index in [0.717, 1.165) is 17.1 Å². The van der Waals surface area contributed by atoms with E-state index < -0.39 is 0 Å². The number of nitrogens with one attached hydrogen (secondary N) is 1. The van der Waals surface area contributed by atoms with Crippen molar-refractivity contribution >= 4 is 23.2 Å². The number of carbonyl (C=O) groups is 2. The van der Waals surface area contributed by atoms with Crippen molar-refractivity contribution in [3.63, 3.8) is 0 Å². The number of rotatable bonds is 3. The van der Waals surface area contributed by atoms with Crippen molar-refractivity contribution in [2.24, 2.45) is 0 Å². The molecule has 22 heavy (non-hydrogen) atoms. The first-order valence-electron chi connectivity index (χ1n) is 7.10. The summed E-state index contributed by atoms with van der Waals surface area (Å²) in [7, 11) is 0. The smallest absolute Gasteiger partial charge is 0.257 e. The maximum Gasteiger partial charge on any atom is 0.257 e. The fourth-order valence-corrected chi connectivity index (χ4v) is 3.19.